The van der Waals surface area contributed by atoms with Gasteiger partial charge in [-0.2, -0.15) is 0 Å². The van der Waals surface area contributed by atoms with Crippen LogP contribution in [0.2, 0.25) is 6.04 Å². The Balaban J connectivity index is 3.14. The van der Waals surface area contributed by atoms with Gasteiger partial charge in [0.05, 0.1) is 12.7 Å². The van der Waals surface area contributed by atoms with Gasteiger partial charge in [-0.15, -0.1) is 0 Å². The Morgan fingerprint density at radius 3 is 1.64 bits per heavy atom. The highest BCUT2D eigenvalue weighted by Gasteiger charge is 2.25. The third-order valence-corrected chi connectivity index (χ3v) is 6.08. The second-order valence-corrected chi connectivity index (χ2v) is 10.7. The molecule has 0 saturated heterocycles. The van der Waals surface area contributed by atoms with Crippen molar-refractivity contribution >= 4 is 8.80 Å². The number of ether oxygens (including phenoxy) is 3. The Bertz CT molecular complexity index is 390. The van der Waals surface area contributed by atoms with Crippen LogP contribution in [0.5, 0.6) is 0 Å². The molecule has 0 fully saturated rings. The summed E-state index contributed by atoms with van der Waals surface area (Å²) < 4.78 is 16.5. The molecule has 1 unspecified atom stereocenters. The summed E-state index contributed by atoms with van der Waals surface area (Å²) in [6.45, 7) is 9.44. The third-order valence-electron chi connectivity index (χ3n) is 5.06. The van der Waals surface area contributed by atoms with Crippen molar-refractivity contribution in [1.82, 2.24) is 10.6 Å². The topological polar surface area (TPSA) is 133 Å². The lowest BCUT2D eigenvalue weighted by molar-refractivity contribution is 0.0362. The van der Waals surface area contributed by atoms with E-state index < -0.39 is 14.9 Å². The number of aliphatic hydroxyl groups excluding tert-OH is 1. The van der Waals surface area contributed by atoms with Gasteiger partial charge in [-0.25, -0.2) is 0 Å². The first-order valence-corrected chi connectivity index (χ1v) is 15.0. The average molecular weight is 497 g/mol. The van der Waals surface area contributed by atoms with Crippen LogP contribution >= 0.6 is 0 Å². The molecular formula is C23H52N2O7Si. The zero-order valence-corrected chi connectivity index (χ0v) is 21.9. The van der Waals surface area contributed by atoms with Gasteiger partial charge in [0.25, 0.3) is 0 Å². The lowest BCUT2D eigenvalue weighted by Crippen LogP contribution is -2.34. The van der Waals surface area contributed by atoms with Gasteiger partial charge in [-0.3, -0.25) is 0 Å². The van der Waals surface area contributed by atoms with Gasteiger partial charge < -0.3 is 44.3 Å². The van der Waals surface area contributed by atoms with E-state index in [2.05, 4.69) is 17.6 Å². The second-order valence-electron chi connectivity index (χ2n) is 8.61. The molecule has 0 saturated carbocycles. The fourth-order valence-electron chi connectivity index (χ4n) is 3.10. The van der Waals surface area contributed by atoms with Crippen LogP contribution in [0.1, 0.15) is 71.1 Å². The Labute approximate surface area is 202 Å². The molecule has 10 heteroatoms. The Morgan fingerprint density at radius 1 is 0.636 bits per heavy atom. The molecule has 0 spiro atoms. The predicted molar refractivity (Wildman–Crippen MR) is 133 cm³/mol. The molecule has 0 amide bonds. The van der Waals surface area contributed by atoms with Gasteiger partial charge in [0.1, 0.15) is 0 Å². The summed E-state index contributed by atoms with van der Waals surface area (Å²) in [6, 6.07) is -0.0458. The number of hydrogen-bond acceptors (Lipinski definition) is 9. The van der Waals surface area contributed by atoms with E-state index in [4.69, 9.17) is 28.6 Å². The standard InChI is InChI=1S/C23H52N2O7Si/c1-2-3-7-15-30-16-8-4-12-24-13-5-9-17-31-18-10-6-14-25-21-23(26)22-32-19-11-20-33(27,28)29/h23-29H,2-22H2,1H3. The molecule has 1 atom stereocenters. The summed E-state index contributed by atoms with van der Waals surface area (Å²) in [4.78, 5) is 26.6. The Hall–Kier alpha value is -0.143. The number of nitrogens with one attached hydrogen (secondary N) is 2. The SMILES string of the molecule is CCCCCOCCCCNCCCCOCCCCNCC(O)COCCC[Si](O)(O)O. The molecule has 0 aromatic carbocycles. The number of unbranched alkanes of at least 4 members (excludes halogenated alkanes) is 5. The fraction of sp³-hybridized carbons (Fsp3) is 1.00. The predicted octanol–water partition coefficient (Wildman–Crippen LogP) is 1.41. The van der Waals surface area contributed by atoms with E-state index in [-0.39, 0.29) is 19.3 Å². The van der Waals surface area contributed by atoms with E-state index in [1.807, 2.05) is 0 Å². The van der Waals surface area contributed by atoms with Crippen molar-refractivity contribution in [3.8, 4) is 0 Å². The van der Waals surface area contributed by atoms with Crippen LogP contribution in [0.25, 0.3) is 0 Å². The highest BCUT2D eigenvalue weighted by molar-refractivity contribution is 6.56. The molecule has 0 bridgehead atoms. The largest absolute Gasteiger partial charge is 0.492 e. The first-order valence-electron chi connectivity index (χ1n) is 13.0. The minimum Gasteiger partial charge on any atom is -0.390 e. The van der Waals surface area contributed by atoms with Crippen molar-refractivity contribution < 1.29 is 33.7 Å². The molecule has 0 aromatic heterocycles. The molecule has 33 heavy (non-hydrogen) atoms. The molecule has 6 N–H and O–H groups in total. The van der Waals surface area contributed by atoms with Crippen molar-refractivity contribution in [2.45, 2.75) is 83.3 Å². The fourth-order valence-corrected chi connectivity index (χ4v) is 3.72. The van der Waals surface area contributed by atoms with E-state index in [0.717, 1.165) is 78.2 Å². The monoisotopic (exact) mass is 496 g/mol. The minimum atomic E-state index is -3.97. The summed E-state index contributed by atoms with van der Waals surface area (Å²) in [7, 11) is -3.97. The van der Waals surface area contributed by atoms with Gasteiger partial charge in [-0.05, 0) is 71.0 Å². The van der Waals surface area contributed by atoms with E-state index in [9.17, 15) is 5.11 Å². The molecular weight excluding hydrogens is 444 g/mol. The van der Waals surface area contributed by atoms with Crippen molar-refractivity contribution in [1.29, 1.82) is 0 Å². The lowest BCUT2D eigenvalue weighted by atomic mass is 10.2. The molecule has 0 radical (unpaired) electrons. The lowest BCUT2D eigenvalue weighted by Gasteiger charge is -2.13. The summed E-state index contributed by atoms with van der Waals surface area (Å²) >= 11 is 0. The Morgan fingerprint density at radius 2 is 1.12 bits per heavy atom. The zero-order chi connectivity index (χ0) is 24.5. The average Bonchev–Trinajstić information content (AvgIpc) is 2.76. The molecule has 0 aromatic rings. The first-order chi connectivity index (χ1) is 16.0. The van der Waals surface area contributed by atoms with E-state index in [1.165, 1.54) is 25.7 Å². The molecule has 9 nitrogen and oxygen atoms in total. The van der Waals surface area contributed by atoms with E-state index in [0.29, 0.717) is 13.0 Å². The van der Waals surface area contributed by atoms with Crippen molar-refractivity contribution in [2.75, 3.05) is 65.8 Å². The molecule has 0 heterocycles. The van der Waals surface area contributed by atoms with Crippen LogP contribution in [0, 0.1) is 0 Å². The van der Waals surface area contributed by atoms with Gasteiger partial charge in [0, 0.05) is 45.6 Å². The maximum atomic E-state index is 9.80. The van der Waals surface area contributed by atoms with Crippen LogP contribution in [0.15, 0.2) is 0 Å². The quantitative estimate of drug-likeness (QED) is 0.0737. The second kappa shape index (κ2) is 25.0. The molecule has 0 aliphatic heterocycles. The van der Waals surface area contributed by atoms with Gasteiger partial charge in [-0.1, -0.05) is 19.8 Å². The van der Waals surface area contributed by atoms with Crippen molar-refractivity contribution in [3.63, 3.8) is 0 Å². The molecule has 0 rings (SSSR count). The van der Waals surface area contributed by atoms with Crippen LogP contribution < -0.4 is 10.6 Å². The minimum absolute atomic E-state index is 0.0458. The number of aliphatic hydroxyl groups is 1. The van der Waals surface area contributed by atoms with Crippen LogP contribution in [-0.4, -0.2) is 100 Å². The molecule has 0 aliphatic carbocycles. The van der Waals surface area contributed by atoms with Crippen molar-refractivity contribution in [3.05, 3.63) is 0 Å². The van der Waals surface area contributed by atoms with Crippen LogP contribution in [0.4, 0.5) is 0 Å². The molecule has 200 valence electrons. The highest BCUT2D eigenvalue weighted by atomic mass is 28.4. The summed E-state index contributed by atoms with van der Waals surface area (Å²) in [5.41, 5.74) is 0. The van der Waals surface area contributed by atoms with Crippen LogP contribution in [0.3, 0.4) is 0 Å². The maximum absolute atomic E-state index is 9.80. The maximum Gasteiger partial charge on any atom is 0.492 e. The third kappa shape index (κ3) is 29.8. The van der Waals surface area contributed by atoms with E-state index >= 15 is 0 Å². The van der Waals surface area contributed by atoms with Gasteiger partial charge in [0.15, 0.2) is 0 Å². The highest BCUT2D eigenvalue weighted by Crippen LogP contribution is 2.01. The van der Waals surface area contributed by atoms with Gasteiger partial charge >= 0.3 is 8.80 Å². The van der Waals surface area contributed by atoms with Crippen LogP contribution in [-0.2, 0) is 14.2 Å². The normalized spacial score (nSPS) is 13.0. The summed E-state index contributed by atoms with van der Waals surface area (Å²) in [5, 5.41) is 16.5. The number of hydrogen-bond donors (Lipinski definition) is 6. The summed E-state index contributed by atoms with van der Waals surface area (Å²) in [6.07, 6.45) is 9.97. The first kappa shape index (κ1) is 32.9. The van der Waals surface area contributed by atoms with Crippen molar-refractivity contribution in [2.24, 2.45) is 0 Å². The van der Waals surface area contributed by atoms with E-state index in [1.54, 1.807) is 0 Å². The smallest absolute Gasteiger partial charge is 0.390 e. The molecule has 0 aliphatic rings. The summed E-state index contributed by atoms with van der Waals surface area (Å²) in [5.74, 6) is 0. The van der Waals surface area contributed by atoms with Gasteiger partial charge in [0.2, 0.25) is 0 Å². The Kier molecular flexibility index (Phi) is 24.9. The zero-order valence-electron chi connectivity index (χ0n) is 20.9. The number of rotatable bonds is 27.